The number of likely N-dealkylation sites (tertiary alicyclic amines) is 1. The van der Waals surface area contributed by atoms with E-state index in [1.165, 1.54) is 0 Å². The van der Waals surface area contributed by atoms with Crippen molar-refractivity contribution < 1.29 is 9.53 Å². The molecule has 2 N–H and O–H groups in total. The Labute approximate surface area is 116 Å². The number of ether oxygens (including phenoxy) is 1. The van der Waals surface area contributed by atoms with Crippen molar-refractivity contribution in [3.63, 3.8) is 0 Å². The summed E-state index contributed by atoms with van der Waals surface area (Å²) in [7, 11) is 0. The summed E-state index contributed by atoms with van der Waals surface area (Å²) in [5.41, 5.74) is 5.42. The van der Waals surface area contributed by atoms with Crippen molar-refractivity contribution in [3.8, 4) is 0 Å². The van der Waals surface area contributed by atoms with Gasteiger partial charge in [0.05, 0.1) is 6.10 Å². The zero-order chi connectivity index (χ0) is 14.3. The van der Waals surface area contributed by atoms with Gasteiger partial charge in [0.2, 0.25) is 5.91 Å². The van der Waals surface area contributed by atoms with E-state index in [-0.39, 0.29) is 17.4 Å². The highest BCUT2D eigenvalue weighted by Gasteiger charge is 2.63. The first-order valence-electron chi connectivity index (χ1n) is 7.52. The molecule has 0 spiro atoms. The summed E-state index contributed by atoms with van der Waals surface area (Å²) < 4.78 is 5.69. The van der Waals surface area contributed by atoms with Gasteiger partial charge in [-0.25, -0.2) is 0 Å². The van der Waals surface area contributed by atoms with Gasteiger partial charge in [-0.2, -0.15) is 0 Å². The fourth-order valence-corrected chi connectivity index (χ4v) is 3.29. The molecule has 0 bridgehead atoms. The van der Waals surface area contributed by atoms with Crippen molar-refractivity contribution in [3.05, 3.63) is 0 Å². The molecule has 4 nitrogen and oxygen atoms in total. The van der Waals surface area contributed by atoms with Gasteiger partial charge in [0, 0.05) is 31.5 Å². The van der Waals surface area contributed by atoms with Gasteiger partial charge in [-0.3, -0.25) is 4.79 Å². The van der Waals surface area contributed by atoms with Gasteiger partial charge in [0.15, 0.2) is 0 Å². The first-order valence-corrected chi connectivity index (χ1v) is 7.52. The largest absolute Gasteiger partial charge is 0.378 e. The fourth-order valence-electron chi connectivity index (χ4n) is 3.29. The van der Waals surface area contributed by atoms with Gasteiger partial charge in [0.1, 0.15) is 5.54 Å². The zero-order valence-corrected chi connectivity index (χ0v) is 12.7. The van der Waals surface area contributed by atoms with Crippen LogP contribution in [0.25, 0.3) is 0 Å². The Kier molecular flexibility index (Phi) is 3.94. The summed E-state index contributed by atoms with van der Waals surface area (Å²) in [6.45, 7) is 10.7. The smallest absolute Gasteiger partial charge is 0.243 e. The van der Waals surface area contributed by atoms with Gasteiger partial charge >= 0.3 is 0 Å². The number of hydrogen-bond donors (Lipinski definition) is 1. The van der Waals surface area contributed by atoms with Gasteiger partial charge < -0.3 is 15.4 Å². The Morgan fingerprint density at radius 3 is 2.42 bits per heavy atom. The number of piperidine rings is 1. The van der Waals surface area contributed by atoms with Crippen LogP contribution in [0.5, 0.6) is 0 Å². The molecule has 0 aromatic heterocycles. The molecule has 0 radical (unpaired) electrons. The van der Waals surface area contributed by atoms with Gasteiger partial charge in [-0.1, -0.05) is 20.8 Å². The van der Waals surface area contributed by atoms with E-state index in [4.69, 9.17) is 10.5 Å². The Bertz CT molecular complexity index is 348. The maximum Gasteiger partial charge on any atom is 0.243 e. The van der Waals surface area contributed by atoms with Crippen molar-refractivity contribution in [2.75, 3.05) is 19.7 Å². The summed E-state index contributed by atoms with van der Waals surface area (Å²) in [4.78, 5) is 14.7. The minimum atomic E-state index is -0.743. The molecule has 2 aliphatic rings. The van der Waals surface area contributed by atoms with E-state index in [0.717, 1.165) is 31.8 Å². The van der Waals surface area contributed by atoms with E-state index in [2.05, 4.69) is 20.8 Å². The van der Waals surface area contributed by atoms with E-state index in [1.807, 2.05) is 11.8 Å². The number of nitrogens with zero attached hydrogens (tertiary/aromatic N) is 1. The van der Waals surface area contributed by atoms with Crippen LogP contribution in [0.2, 0.25) is 0 Å². The molecule has 1 aliphatic heterocycles. The van der Waals surface area contributed by atoms with E-state index < -0.39 is 5.54 Å². The summed E-state index contributed by atoms with van der Waals surface area (Å²) >= 11 is 0. The molecule has 1 saturated heterocycles. The van der Waals surface area contributed by atoms with Crippen LogP contribution < -0.4 is 5.73 Å². The third-order valence-corrected chi connectivity index (χ3v) is 5.28. The second-order valence-corrected chi connectivity index (χ2v) is 6.82. The highest BCUT2D eigenvalue weighted by Crippen LogP contribution is 2.50. The summed E-state index contributed by atoms with van der Waals surface area (Å²) in [6, 6.07) is 0. The summed E-state index contributed by atoms with van der Waals surface area (Å²) in [6.07, 6.45) is 2.95. The van der Waals surface area contributed by atoms with Crippen molar-refractivity contribution in [2.24, 2.45) is 17.1 Å². The van der Waals surface area contributed by atoms with E-state index >= 15 is 0 Å². The van der Waals surface area contributed by atoms with Gasteiger partial charge in [-0.05, 0) is 25.7 Å². The first-order chi connectivity index (χ1) is 8.83. The Balaban J connectivity index is 2.03. The average Bonchev–Trinajstić information content (AvgIpc) is 2.38. The van der Waals surface area contributed by atoms with Crippen molar-refractivity contribution in [2.45, 2.75) is 58.6 Å². The molecule has 1 aliphatic carbocycles. The van der Waals surface area contributed by atoms with Crippen LogP contribution in [-0.4, -0.2) is 42.1 Å². The first kappa shape index (κ1) is 14.8. The topological polar surface area (TPSA) is 55.6 Å². The second kappa shape index (κ2) is 5.06. The predicted octanol–water partition coefficient (Wildman–Crippen LogP) is 1.78. The molecule has 1 heterocycles. The molecule has 0 aromatic carbocycles. The number of rotatable bonds is 3. The van der Waals surface area contributed by atoms with Crippen molar-refractivity contribution in [1.29, 1.82) is 0 Å². The standard InChI is InChI=1S/C15H28N2O2/c1-5-19-12-10-15(16,14(12,3)4)13(18)17-8-6-11(2)7-9-17/h11-12H,5-10,16H2,1-4H3. The molecule has 0 aromatic rings. The second-order valence-electron chi connectivity index (χ2n) is 6.82. The van der Waals surface area contributed by atoms with E-state index in [0.29, 0.717) is 13.0 Å². The normalized spacial score (nSPS) is 35.0. The zero-order valence-electron chi connectivity index (χ0n) is 12.7. The highest BCUT2D eigenvalue weighted by molar-refractivity contribution is 5.89. The SMILES string of the molecule is CCOC1CC(N)(C(=O)N2CCC(C)CC2)C1(C)C. The lowest BCUT2D eigenvalue weighted by molar-refractivity contribution is -0.180. The monoisotopic (exact) mass is 268 g/mol. The number of amides is 1. The minimum absolute atomic E-state index is 0.107. The van der Waals surface area contributed by atoms with Crippen molar-refractivity contribution >= 4 is 5.91 Å². The van der Waals surface area contributed by atoms with Crippen LogP contribution in [0.15, 0.2) is 0 Å². The van der Waals surface area contributed by atoms with Crippen LogP contribution in [0.1, 0.15) is 47.0 Å². The average molecular weight is 268 g/mol. The molecule has 110 valence electrons. The Morgan fingerprint density at radius 1 is 1.37 bits per heavy atom. The molecule has 2 fully saturated rings. The maximum atomic E-state index is 12.7. The minimum Gasteiger partial charge on any atom is -0.378 e. The van der Waals surface area contributed by atoms with Gasteiger partial charge in [-0.15, -0.1) is 0 Å². The van der Waals surface area contributed by atoms with E-state index in [9.17, 15) is 4.79 Å². The summed E-state index contributed by atoms with van der Waals surface area (Å²) in [5.74, 6) is 0.851. The summed E-state index contributed by atoms with van der Waals surface area (Å²) in [5, 5.41) is 0. The molecule has 2 unspecified atom stereocenters. The van der Waals surface area contributed by atoms with E-state index in [1.54, 1.807) is 0 Å². The quantitative estimate of drug-likeness (QED) is 0.849. The van der Waals surface area contributed by atoms with Crippen molar-refractivity contribution in [1.82, 2.24) is 4.90 Å². The van der Waals surface area contributed by atoms with Crippen LogP contribution in [-0.2, 0) is 9.53 Å². The maximum absolute atomic E-state index is 12.7. The van der Waals surface area contributed by atoms with Crippen LogP contribution in [0, 0.1) is 11.3 Å². The van der Waals surface area contributed by atoms with Crippen LogP contribution in [0.4, 0.5) is 0 Å². The number of carbonyl (C=O) groups excluding carboxylic acids is 1. The fraction of sp³-hybridized carbons (Fsp3) is 0.933. The lowest BCUT2D eigenvalue weighted by atomic mass is 9.54. The molecule has 4 heteroatoms. The highest BCUT2D eigenvalue weighted by atomic mass is 16.5. The molecule has 1 saturated carbocycles. The Hall–Kier alpha value is -0.610. The third-order valence-electron chi connectivity index (χ3n) is 5.28. The number of carbonyl (C=O) groups is 1. The Morgan fingerprint density at radius 2 is 1.95 bits per heavy atom. The number of nitrogens with two attached hydrogens (primary N) is 1. The molecule has 2 atom stereocenters. The molecule has 1 amide bonds. The molecule has 19 heavy (non-hydrogen) atoms. The van der Waals surface area contributed by atoms with Crippen LogP contribution in [0.3, 0.4) is 0 Å². The lowest BCUT2D eigenvalue weighted by Gasteiger charge is -2.59. The third kappa shape index (κ3) is 2.29. The predicted molar refractivity (Wildman–Crippen MR) is 75.7 cm³/mol. The number of hydrogen-bond acceptors (Lipinski definition) is 3. The lowest BCUT2D eigenvalue weighted by Crippen LogP contribution is -2.76. The van der Waals surface area contributed by atoms with Gasteiger partial charge in [0.25, 0.3) is 0 Å². The molecular formula is C15H28N2O2. The molecular weight excluding hydrogens is 240 g/mol. The van der Waals surface area contributed by atoms with Crippen LogP contribution >= 0.6 is 0 Å². The molecule has 2 rings (SSSR count).